The van der Waals surface area contributed by atoms with Crippen molar-refractivity contribution in [1.29, 1.82) is 0 Å². The maximum Gasteiger partial charge on any atom is 0.343 e. The zero-order valence-corrected chi connectivity index (χ0v) is 21.8. The van der Waals surface area contributed by atoms with Crippen LogP contribution in [0, 0.1) is 23.2 Å². The number of hydrogen-bond donors (Lipinski definition) is 0. The molecule has 2 saturated carbocycles. The molecule has 3 unspecified atom stereocenters. The smallest absolute Gasteiger partial charge is 0.343 e. The molecule has 5 rings (SSSR count). The lowest BCUT2D eigenvalue weighted by Crippen LogP contribution is -2.46. The highest BCUT2D eigenvalue weighted by molar-refractivity contribution is 5.91. The fourth-order valence-corrected chi connectivity index (χ4v) is 7.71. The van der Waals surface area contributed by atoms with Crippen molar-refractivity contribution in [2.24, 2.45) is 23.2 Å². The Bertz CT molecular complexity index is 1150. The number of carbonyl (C=O) groups is 2. The van der Waals surface area contributed by atoms with E-state index in [9.17, 15) is 9.59 Å². The molecule has 0 bridgehead atoms. The minimum absolute atomic E-state index is 0.115. The van der Waals surface area contributed by atoms with Crippen LogP contribution in [0.2, 0.25) is 0 Å². The lowest BCUT2D eigenvalue weighted by molar-refractivity contribution is -0.117. The van der Waals surface area contributed by atoms with Gasteiger partial charge in [0.1, 0.15) is 17.6 Å². The molecule has 6 atom stereocenters. The standard InChI is InChI=1S/C32H38O4/c1-20(2)35-29-19-24(11-10-21(3)33)30-28-14-12-23-18-25(36-31(34)22-8-6-5-7-9-22)13-15-26(23)27(28)16-17-32(29,30)4/h5-9,13,15,18,24,27-30H,1,10-12,14,16-17,19H2,2-4H3/t24-,27?,28?,29+,30?,32-/m1/s1. The summed E-state index contributed by atoms with van der Waals surface area (Å²) in [7, 11) is 0. The molecule has 0 saturated heterocycles. The topological polar surface area (TPSA) is 52.6 Å². The fraction of sp³-hybridized carbons (Fsp3) is 0.500. The second-order valence-electron chi connectivity index (χ2n) is 11.5. The van der Waals surface area contributed by atoms with Gasteiger partial charge in [-0.15, -0.1) is 0 Å². The number of Topliss-reactive ketones (excluding diaryl/α,β-unsaturated/α-hetero) is 1. The van der Waals surface area contributed by atoms with E-state index in [2.05, 4.69) is 25.6 Å². The van der Waals surface area contributed by atoms with Crippen LogP contribution >= 0.6 is 0 Å². The molecule has 4 nitrogen and oxygen atoms in total. The molecule has 0 amide bonds. The Morgan fingerprint density at radius 3 is 2.58 bits per heavy atom. The molecular weight excluding hydrogens is 448 g/mol. The van der Waals surface area contributed by atoms with E-state index >= 15 is 0 Å². The maximum absolute atomic E-state index is 12.6. The van der Waals surface area contributed by atoms with Crippen LogP contribution in [0.25, 0.3) is 0 Å². The normalized spacial score (nSPS) is 30.5. The molecule has 0 aromatic heterocycles. The van der Waals surface area contributed by atoms with Crippen LogP contribution in [0.5, 0.6) is 5.75 Å². The van der Waals surface area contributed by atoms with Gasteiger partial charge in [0.05, 0.1) is 11.3 Å². The Hall–Kier alpha value is -2.88. The number of ether oxygens (including phenoxy) is 2. The fourth-order valence-electron chi connectivity index (χ4n) is 7.71. The highest BCUT2D eigenvalue weighted by atomic mass is 16.5. The lowest BCUT2D eigenvalue weighted by Gasteiger charge is -2.51. The number of ketones is 1. The van der Waals surface area contributed by atoms with Crippen molar-refractivity contribution in [3.05, 3.63) is 77.6 Å². The summed E-state index contributed by atoms with van der Waals surface area (Å²) in [5.74, 6) is 3.52. The van der Waals surface area contributed by atoms with Gasteiger partial charge in [-0.1, -0.05) is 37.8 Å². The molecule has 190 valence electrons. The van der Waals surface area contributed by atoms with Crippen LogP contribution in [0.3, 0.4) is 0 Å². The van der Waals surface area contributed by atoms with E-state index in [1.807, 2.05) is 31.2 Å². The molecule has 2 aromatic rings. The second kappa shape index (κ2) is 9.88. The first-order valence-corrected chi connectivity index (χ1v) is 13.5. The molecule has 36 heavy (non-hydrogen) atoms. The first-order chi connectivity index (χ1) is 17.3. The van der Waals surface area contributed by atoms with Gasteiger partial charge in [0, 0.05) is 11.8 Å². The van der Waals surface area contributed by atoms with Crippen LogP contribution in [-0.4, -0.2) is 17.9 Å². The van der Waals surface area contributed by atoms with Gasteiger partial charge in [0.2, 0.25) is 0 Å². The Morgan fingerprint density at radius 1 is 1.08 bits per heavy atom. The van der Waals surface area contributed by atoms with Crippen LogP contribution in [-0.2, 0) is 16.0 Å². The second-order valence-corrected chi connectivity index (χ2v) is 11.5. The van der Waals surface area contributed by atoms with Crippen molar-refractivity contribution in [3.63, 3.8) is 0 Å². The third-order valence-corrected chi connectivity index (χ3v) is 9.19. The molecule has 2 aromatic carbocycles. The number of hydrogen-bond acceptors (Lipinski definition) is 4. The molecule has 2 fully saturated rings. The lowest BCUT2D eigenvalue weighted by atomic mass is 9.53. The number of carbonyl (C=O) groups excluding carboxylic acids is 2. The van der Waals surface area contributed by atoms with Crippen molar-refractivity contribution >= 4 is 11.8 Å². The number of rotatable bonds is 7. The number of allylic oxidation sites excluding steroid dienone is 1. The zero-order chi connectivity index (χ0) is 25.4. The molecule has 0 heterocycles. The summed E-state index contributed by atoms with van der Waals surface area (Å²) in [6.45, 7) is 10.1. The summed E-state index contributed by atoms with van der Waals surface area (Å²) in [6, 6.07) is 15.4. The quantitative estimate of drug-likeness (QED) is 0.234. The summed E-state index contributed by atoms with van der Waals surface area (Å²) in [4.78, 5) is 24.4. The van der Waals surface area contributed by atoms with E-state index in [1.165, 1.54) is 11.1 Å². The van der Waals surface area contributed by atoms with Crippen LogP contribution in [0.15, 0.2) is 60.9 Å². The monoisotopic (exact) mass is 486 g/mol. The Kier molecular flexibility index (Phi) is 6.80. The van der Waals surface area contributed by atoms with Gasteiger partial charge in [-0.3, -0.25) is 0 Å². The molecule has 3 aliphatic carbocycles. The molecule has 0 radical (unpaired) electrons. The van der Waals surface area contributed by atoms with Gasteiger partial charge >= 0.3 is 5.97 Å². The Labute approximate surface area is 215 Å². The maximum atomic E-state index is 12.6. The van der Waals surface area contributed by atoms with Gasteiger partial charge in [0.15, 0.2) is 0 Å². The van der Waals surface area contributed by atoms with E-state index in [0.717, 1.165) is 44.3 Å². The van der Waals surface area contributed by atoms with Gasteiger partial charge < -0.3 is 14.3 Å². The number of benzene rings is 2. The van der Waals surface area contributed by atoms with Gasteiger partial charge in [-0.2, -0.15) is 0 Å². The number of aryl methyl sites for hydroxylation is 1. The highest BCUT2D eigenvalue weighted by Crippen LogP contribution is 2.64. The molecular formula is C32H38O4. The molecule has 0 spiro atoms. The van der Waals surface area contributed by atoms with E-state index in [1.54, 1.807) is 19.1 Å². The average Bonchev–Trinajstić information content (AvgIpc) is 3.13. The van der Waals surface area contributed by atoms with Crippen LogP contribution in [0.1, 0.15) is 86.7 Å². The third kappa shape index (κ3) is 4.63. The Balaban J connectivity index is 1.38. The van der Waals surface area contributed by atoms with Crippen LogP contribution in [0.4, 0.5) is 0 Å². The SMILES string of the molecule is C=C(C)O[C@H]1C[C@@H](CCC(C)=O)C2C3CCc4cc(OC(=O)c5ccccc5)ccc4C3CC[C@@]21C. The van der Waals surface area contributed by atoms with E-state index in [0.29, 0.717) is 41.4 Å². The van der Waals surface area contributed by atoms with Crippen molar-refractivity contribution in [3.8, 4) is 5.75 Å². The highest BCUT2D eigenvalue weighted by Gasteiger charge is 2.59. The predicted molar refractivity (Wildman–Crippen MR) is 141 cm³/mol. The predicted octanol–water partition coefficient (Wildman–Crippen LogP) is 7.28. The zero-order valence-electron chi connectivity index (χ0n) is 21.8. The summed E-state index contributed by atoms with van der Waals surface area (Å²) in [6.07, 6.45) is 7.19. The van der Waals surface area contributed by atoms with Crippen molar-refractivity contribution < 1.29 is 19.1 Å². The molecule has 3 aliphatic rings. The minimum atomic E-state index is -0.319. The summed E-state index contributed by atoms with van der Waals surface area (Å²) in [5, 5.41) is 0. The first-order valence-electron chi connectivity index (χ1n) is 13.5. The van der Waals surface area contributed by atoms with Crippen molar-refractivity contribution in [2.75, 3.05) is 0 Å². The van der Waals surface area contributed by atoms with Crippen molar-refractivity contribution in [1.82, 2.24) is 0 Å². The van der Waals surface area contributed by atoms with Gasteiger partial charge in [-0.05, 0) is 111 Å². The summed E-state index contributed by atoms with van der Waals surface area (Å²) >= 11 is 0. The van der Waals surface area contributed by atoms with Gasteiger partial charge in [-0.25, -0.2) is 4.79 Å². The first kappa shape index (κ1) is 24.8. The van der Waals surface area contributed by atoms with E-state index in [-0.39, 0.29) is 23.3 Å². The van der Waals surface area contributed by atoms with Gasteiger partial charge in [0.25, 0.3) is 0 Å². The minimum Gasteiger partial charge on any atom is -0.495 e. The largest absolute Gasteiger partial charge is 0.495 e. The number of fused-ring (bicyclic) bond motifs is 5. The summed E-state index contributed by atoms with van der Waals surface area (Å²) < 4.78 is 12.0. The van der Waals surface area contributed by atoms with Crippen molar-refractivity contribution in [2.45, 2.75) is 77.7 Å². The summed E-state index contributed by atoms with van der Waals surface area (Å²) in [5.41, 5.74) is 3.41. The average molecular weight is 487 g/mol. The number of esters is 1. The molecule has 0 N–H and O–H groups in total. The van der Waals surface area contributed by atoms with Crippen LogP contribution < -0.4 is 4.74 Å². The Morgan fingerprint density at radius 2 is 1.86 bits per heavy atom. The third-order valence-electron chi connectivity index (χ3n) is 9.19. The van der Waals surface area contributed by atoms with E-state index < -0.39 is 0 Å². The molecule has 4 heteroatoms. The molecule has 0 aliphatic heterocycles. The van der Waals surface area contributed by atoms with E-state index in [4.69, 9.17) is 9.47 Å².